The lowest BCUT2D eigenvalue weighted by atomic mass is 9.89. The van der Waals surface area contributed by atoms with Gasteiger partial charge in [0.05, 0.1) is 27.2 Å². The Morgan fingerprint density at radius 2 is 1.56 bits per heavy atom. The van der Waals surface area contributed by atoms with E-state index in [2.05, 4.69) is 0 Å². The minimum atomic E-state index is -0.905. The van der Waals surface area contributed by atoms with Crippen LogP contribution >= 0.6 is 0 Å². The van der Waals surface area contributed by atoms with Gasteiger partial charge in [0, 0.05) is 5.56 Å². The van der Waals surface area contributed by atoms with E-state index < -0.39 is 11.9 Å². The molecular formula is C22H22O5. The molecule has 3 aromatic rings. The quantitative estimate of drug-likeness (QED) is 0.676. The molecule has 140 valence electrons. The van der Waals surface area contributed by atoms with Gasteiger partial charge in [-0.15, -0.1) is 0 Å². The van der Waals surface area contributed by atoms with E-state index in [0.29, 0.717) is 29.2 Å². The van der Waals surface area contributed by atoms with Crippen molar-refractivity contribution >= 4 is 16.7 Å². The topological polar surface area (TPSA) is 65.0 Å². The normalized spacial score (nSPS) is 11.8. The van der Waals surface area contributed by atoms with Crippen molar-refractivity contribution in [3.63, 3.8) is 0 Å². The third-order valence-electron chi connectivity index (χ3n) is 4.73. The molecule has 3 rings (SSSR count). The summed E-state index contributed by atoms with van der Waals surface area (Å²) < 4.78 is 16.1. The predicted molar refractivity (Wildman–Crippen MR) is 104 cm³/mol. The summed E-state index contributed by atoms with van der Waals surface area (Å²) >= 11 is 0. The first-order valence-electron chi connectivity index (χ1n) is 8.58. The van der Waals surface area contributed by atoms with Gasteiger partial charge in [-0.3, -0.25) is 4.79 Å². The van der Waals surface area contributed by atoms with E-state index in [1.807, 2.05) is 36.4 Å². The van der Waals surface area contributed by atoms with E-state index in [1.54, 1.807) is 32.4 Å². The highest BCUT2D eigenvalue weighted by Crippen LogP contribution is 2.36. The summed E-state index contributed by atoms with van der Waals surface area (Å²) in [6, 6.07) is 17.0. The molecule has 0 aliphatic rings. The summed E-state index contributed by atoms with van der Waals surface area (Å²) in [7, 11) is 4.68. The molecular weight excluding hydrogens is 344 g/mol. The monoisotopic (exact) mass is 366 g/mol. The number of aliphatic carboxylic acids is 1. The Morgan fingerprint density at radius 3 is 2.22 bits per heavy atom. The van der Waals surface area contributed by atoms with E-state index in [4.69, 9.17) is 14.2 Å². The van der Waals surface area contributed by atoms with Crippen LogP contribution in [0.1, 0.15) is 17.0 Å². The molecule has 0 aliphatic carbocycles. The maximum Gasteiger partial charge on any atom is 0.311 e. The van der Waals surface area contributed by atoms with Crippen LogP contribution in [0.3, 0.4) is 0 Å². The molecule has 0 saturated heterocycles. The van der Waals surface area contributed by atoms with Gasteiger partial charge in [0.25, 0.3) is 0 Å². The molecule has 1 atom stereocenters. The Balaban J connectivity index is 2.08. The Hall–Kier alpha value is -3.21. The van der Waals surface area contributed by atoms with Crippen molar-refractivity contribution in [1.29, 1.82) is 0 Å². The van der Waals surface area contributed by atoms with Crippen LogP contribution in [0.4, 0.5) is 0 Å². The van der Waals surface area contributed by atoms with Gasteiger partial charge in [-0.1, -0.05) is 36.4 Å². The van der Waals surface area contributed by atoms with Gasteiger partial charge in [0.1, 0.15) is 5.75 Å². The molecule has 27 heavy (non-hydrogen) atoms. The van der Waals surface area contributed by atoms with Crippen LogP contribution in [-0.2, 0) is 11.2 Å². The number of hydrogen-bond donors (Lipinski definition) is 1. The van der Waals surface area contributed by atoms with E-state index in [9.17, 15) is 9.90 Å². The lowest BCUT2D eigenvalue weighted by Crippen LogP contribution is -2.15. The number of rotatable bonds is 7. The first-order valence-corrected chi connectivity index (χ1v) is 8.58. The maximum atomic E-state index is 12.1. The first kappa shape index (κ1) is 18.6. The molecule has 5 heteroatoms. The number of carboxylic acids is 1. The third-order valence-corrected chi connectivity index (χ3v) is 4.73. The van der Waals surface area contributed by atoms with Crippen molar-refractivity contribution in [3.05, 3.63) is 65.7 Å². The van der Waals surface area contributed by atoms with Gasteiger partial charge in [-0.25, -0.2) is 0 Å². The lowest BCUT2D eigenvalue weighted by molar-refractivity contribution is -0.138. The zero-order valence-electron chi connectivity index (χ0n) is 15.6. The molecule has 1 unspecified atom stereocenters. The zero-order valence-corrected chi connectivity index (χ0v) is 15.6. The second-order valence-electron chi connectivity index (χ2n) is 6.18. The average molecular weight is 366 g/mol. The Labute approximate surface area is 158 Å². The fraction of sp³-hybridized carbons (Fsp3) is 0.227. The van der Waals surface area contributed by atoms with Crippen molar-refractivity contribution < 1.29 is 24.1 Å². The maximum absolute atomic E-state index is 12.1. The van der Waals surface area contributed by atoms with Gasteiger partial charge in [0.2, 0.25) is 0 Å². The average Bonchev–Trinajstić information content (AvgIpc) is 2.70. The van der Waals surface area contributed by atoms with E-state index in [1.165, 1.54) is 7.11 Å². The van der Waals surface area contributed by atoms with Crippen LogP contribution in [0.5, 0.6) is 17.2 Å². The van der Waals surface area contributed by atoms with E-state index in [0.717, 1.165) is 16.3 Å². The van der Waals surface area contributed by atoms with E-state index in [-0.39, 0.29) is 0 Å². The number of carbonyl (C=O) groups is 1. The summed E-state index contributed by atoms with van der Waals surface area (Å²) in [6.45, 7) is 0. The van der Waals surface area contributed by atoms with Crippen molar-refractivity contribution in [3.8, 4) is 17.2 Å². The minimum Gasteiger partial charge on any atom is -0.496 e. The molecule has 0 radical (unpaired) electrons. The molecule has 0 bridgehead atoms. The predicted octanol–water partition coefficient (Wildman–Crippen LogP) is 4.28. The van der Waals surface area contributed by atoms with Gasteiger partial charge < -0.3 is 19.3 Å². The van der Waals surface area contributed by atoms with Gasteiger partial charge in [-0.2, -0.15) is 0 Å². The van der Waals surface area contributed by atoms with Crippen molar-refractivity contribution in [2.24, 2.45) is 0 Å². The van der Waals surface area contributed by atoms with Crippen LogP contribution < -0.4 is 14.2 Å². The van der Waals surface area contributed by atoms with Crippen molar-refractivity contribution in [2.45, 2.75) is 12.3 Å². The summed E-state index contributed by atoms with van der Waals surface area (Å²) in [5, 5.41) is 11.9. The summed E-state index contributed by atoms with van der Waals surface area (Å²) in [6.07, 6.45) is 0.301. The zero-order chi connectivity index (χ0) is 19.4. The molecule has 0 aromatic heterocycles. The van der Waals surface area contributed by atoms with Crippen molar-refractivity contribution in [2.75, 3.05) is 21.3 Å². The highest BCUT2D eigenvalue weighted by Gasteiger charge is 2.24. The Morgan fingerprint density at radius 1 is 0.889 bits per heavy atom. The molecule has 5 nitrogen and oxygen atoms in total. The largest absolute Gasteiger partial charge is 0.496 e. The lowest BCUT2D eigenvalue weighted by Gasteiger charge is -2.18. The molecule has 0 fully saturated rings. The van der Waals surface area contributed by atoms with Crippen LogP contribution in [0.15, 0.2) is 54.6 Å². The second kappa shape index (κ2) is 7.99. The van der Waals surface area contributed by atoms with Crippen molar-refractivity contribution in [1.82, 2.24) is 0 Å². The highest BCUT2D eigenvalue weighted by atomic mass is 16.5. The fourth-order valence-corrected chi connectivity index (χ4v) is 3.34. The number of fused-ring (bicyclic) bond motifs is 1. The second-order valence-corrected chi connectivity index (χ2v) is 6.18. The van der Waals surface area contributed by atoms with Gasteiger partial charge in [0.15, 0.2) is 11.5 Å². The molecule has 0 saturated carbocycles. The van der Waals surface area contributed by atoms with E-state index >= 15 is 0 Å². The molecule has 1 N–H and O–H groups in total. The molecule has 0 heterocycles. The highest BCUT2D eigenvalue weighted by molar-refractivity contribution is 5.89. The Kier molecular flexibility index (Phi) is 5.50. The number of carboxylic acid groups (broad SMARTS) is 1. The van der Waals surface area contributed by atoms with Gasteiger partial charge >= 0.3 is 5.97 Å². The number of methoxy groups -OCH3 is 3. The Bertz CT molecular complexity index is 964. The molecule has 0 amide bonds. The molecule has 0 aliphatic heterocycles. The van der Waals surface area contributed by atoms with Crippen LogP contribution in [0.2, 0.25) is 0 Å². The van der Waals surface area contributed by atoms with Crippen LogP contribution in [-0.4, -0.2) is 32.4 Å². The van der Waals surface area contributed by atoms with Crippen LogP contribution in [0.25, 0.3) is 10.8 Å². The number of benzene rings is 3. The number of hydrogen-bond acceptors (Lipinski definition) is 4. The molecule has 0 spiro atoms. The smallest absolute Gasteiger partial charge is 0.311 e. The first-order chi connectivity index (χ1) is 13.1. The van der Waals surface area contributed by atoms with Crippen LogP contribution in [0, 0.1) is 0 Å². The summed E-state index contributed by atoms with van der Waals surface area (Å²) in [5.41, 5.74) is 1.52. The fourth-order valence-electron chi connectivity index (χ4n) is 3.34. The molecule has 3 aromatic carbocycles. The third kappa shape index (κ3) is 3.67. The SMILES string of the molecule is COc1ccc(C(Cc2c(OC)ccc3ccccc23)C(=O)O)cc1OC. The number of ether oxygens (including phenoxy) is 3. The summed E-state index contributed by atoms with van der Waals surface area (Å²) in [4.78, 5) is 12.1. The minimum absolute atomic E-state index is 0.301. The standard InChI is InChI=1S/C22H22O5/c1-25-19-10-8-14-6-4-5-7-16(14)18(19)13-17(22(23)24)15-9-11-20(26-2)21(12-15)27-3/h4-12,17H,13H2,1-3H3,(H,23,24). The van der Waals surface area contributed by atoms with Gasteiger partial charge in [-0.05, 0) is 41.0 Å². The summed E-state index contributed by atoms with van der Waals surface area (Å²) in [5.74, 6) is 0.0985.